The zero-order valence-electron chi connectivity index (χ0n) is 13.0. The van der Waals surface area contributed by atoms with E-state index >= 15 is 0 Å². The van der Waals surface area contributed by atoms with E-state index in [1.807, 2.05) is 25.1 Å². The van der Waals surface area contributed by atoms with E-state index in [1.54, 1.807) is 18.5 Å². The summed E-state index contributed by atoms with van der Waals surface area (Å²) in [6.45, 7) is 3.99. The summed E-state index contributed by atoms with van der Waals surface area (Å²) in [6.07, 6.45) is 3.54. The van der Waals surface area contributed by atoms with Crippen LogP contribution in [0, 0.1) is 6.92 Å². The van der Waals surface area contributed by atoms with Gasteiger partial charge in [0.15, 0.2) is 0 Å². The van der Waals surface area contributed by atoms with Crippen LogP contribution in [0.2, 0.25) is 5.15 Å². The van der Waals surface area contributed by atoms with Crippen molar-refractivity contribution in [1.82, 2.24) is 15.0 Å². The molecule has 0 aliphatic heterocycles. The summed E-state index contributed by atoms with van der Waals surface area (Å²) in [4.78, 5) is 12.6. The number of hydrogen-bond acceptors (Lipinski definition) is 4. The maximum Gasteiger partial charge on any atom is 0.130 e. The third-order valence-corrected chi connectivity index (χ3v) is 3.81. The second kappa shape index (κ2) is 6.75. The predicted molar refractivity (Wildman–Crippen MR) is 93.5 cm³/mol. The lowest BCUT2D eigenvalue weighted by Crippen LogP contribution is -2.08. The average molecular weight is 325 g/mol. The molecule has 1 N–H and O–H groups in total. The van der Waals surface area contributed by atoms with Gasteiger partial charge in [-0.15, -0.1) is 0 Å². The number of hydrogen-bond donors (Lipinski definition) is 1. The summed E-state index contributed by atoms with van der Waals surface area (Å²) >= 11 is 5.85. The standard InChI is InChI=1S/C18H17ClN4/c1-12(22-18-8-9-20-13(2)23-18)14-4-3-5-15(10-14)16-6-7-17(19)21-11-16/h3-12H,1-2H3,(H,20,22,23)/t12-/m0/s1. The lowest BCUT2D eigenvalue weighted by atomic mass is 10.0. The van der Waals surface area contributed by atoms with Gasteiger partial charge in [-0.2, -0.15) is 0 Å². The minimum Gasteiger partial charge on any atom is -0.363 e. The highest BCUT2D eigenvalue weighted by Crippen LogP contribution is 2.25. The Morgan fingerprint density at radius 3 is 2.65 bits per heavy atom. The summed E-state index contributed by atoms with van der Waals surface area (Å²) in [5.74, 6) is 1.58. The highest BCUT2D eigenvalue weighted by atomic mass is 35.5. The van der Waals surface area contributed by atoms with Crippen LogP contribution in [0.3, 0.4) is 0 Å². The molecule has 2 heterocycles. The molecule has 1 atom stereocenters. The number of nitrogens with one attached hydrogen (secondary N) is 1. The second-order valence-electron chi connectivity index (χ2n) is 5.35. The van der Waals surface area contributed by atoms with E-state index < -0.39 is 0 Å². The minimum absolute atomic E-state index is 0.129. The quantitative estimate of drug-likeness (QED) is 0.708. The van der Waals surface area contributed by atoms with Gasteiger partial charge in [-0.05, 0) is 49.2 Å². The van der Waals surface area contributed by atoms with Crippen LogP contribution >= 0.6 is 11.6 Å². The monoisotopic (exact) mass is 324 g/mol. The van der Waals surface area contributed by atoms with Crippen molar-refractivity contribution in [2.75, 3.05) is 5.32 Å². The first-order chi connectivity index (χ1) is 11.1. The van der Waals surface area contributed by atoms with Gasteiger partial charge in [-0.3, -0.25) is 0 Å². The molecule has 1 aromatic carbocycles. The third-order valence-electron chi connectivity index (χ3n) is 3.59. The molecule has 0 saturated heterocycles. The fraction of sp³-hybridized carbons (Fsp3) is 0.167. The van der Waals surface area contributed by atoms with Crippen LogP contribution in [0.25, 0.3) is 11.1 Å². The van der Waals surface area contributed by atoms with Crippen LogP contribution in [0.15, 0.2) is 54.9 Å². The highest BCUT2D eigenvalue weighted by Gasteiger charge is 2.08. The molecule has 5 heteroatoms. The average Bonchev–Trinajstić information content (AvgIpc) is 2.56. The third kappa shape index (κ3) is 3.85. The first-order valence-corrected chi connectivity index (χ1v) is 7.78. The van der Waals surface area contributed by atoms with Crippen LogP contribution in [0.4, 0.5) is 5.82 Å². The normalized spacial score (nSPS) is 12.0. The maximum atomic E-state index is 5.85. The molecule has 0 aliphatic rings. The van der Waals surface area contributed by atoms with Gasteiger partial charge in [0.2, 0.25) is 0 Å². The molecule has 23 heavy (non-hydrogen) atoms. The van der Waals surface area contributed by atoms with E-state index in [0.29, 0.717) is 5.15 Å². The van der Waals surface area contributed by atoms with Gasteiger partial charge in [-0.1, -0.05) is 29.8 Å². The Kier molecular flexibility index (Phi) is 4.53. The second-order valence-corrected chi connectivity index (χ2v) is 5.74. The van der Waals surface area contributed by atoms with E-state index in [1.165, 1.54) is 5.56 Å². The van der Waals surface area contributed by atoms with Crippen molar-refractivity contribution in [1.29, 1.82) is 0 Å². The molecule has 116 valence electrons. The number of nitrogens with zero attached hydrogens (tertiary/aromatic N) is 3. The number of pyridine rings is 1. The Balaban J connectivity index is 1.82. The molecular formula is C18H17ClN4. The molecular weight excluding hydrogens is 308 g/mol. The fourth-order valence-corrected chi connectivity index (χ4v) is 2.49. The highest BCUT2D eigenvalue weighted by molar-refractivity contribution is 6.29. The first-order valence-electron chi connectivity index (χ1n) is 7.40. The van der Waals surface area contributed by atoms with E-state index in [0.717, 1.165) is 22.8 Å². The summed E-state index contributed by atoms with van der Waals surface area (Å²) in [5, 5.41) is 3.90. The minimum atomic E-state index is 0.129. The molecule has 0 radical (unpaired) electrons. The summed E-state index contributed by atoms with van der Waals surface area (Å²) < 4.78 is 0. The topological polar surface area (TPSA) is 50.7 Å². The Bertz CT molecular complexity index is 802. The largest absolute Gasteiger partial charge is 0.363 e. The van der Waals surface area contributed by atoms with Gasteiger partial charge in [0.05, 0.1) is 0 Å². The smallest absolute Gasteiger partial charge is 0.130 e. The van der Waals surface area contributed by atoms with Gasteiger partial charge >= 0.3 is 0 Å². The van der Waals surface area contributed by atoms with Crippen molar-refractivity contribution in [3.63, 3.8) is 0 Å². The van der Waals surface area contributed by atoms with Crippen molar-refractivity contribution >= 4 is 17.4 Å². The maximum absolute atomic E-state index is 5.85. The van der Waals surface area contributed by atoms with Gasteiger partial charge in [0, 0.05) is 24.0 Å². The molecule has 3 aromatic rings. The van der Waals surface area contributed by atoms with Crippen LogP contribution in [-0.2, 0) is 0 Å². The Labute approximate surface area is 140 Å². The number of aromatic nitrogens is 3. The van der Waals surface area contributed by atoms with E-state index in [2.05, 4.69) is 45.4 Å². The number of anilines is 1. The molecule has 0 aliphatic carbocycles. The zero-order chi connectivity index (χ0) is 16.2. The van der Waals surface area contributed by atoms with Crippen molar-refractivity contribution in [2.24, 2.45) is 0 Å². The Hall–Kier alpha value is -2.46. The van der Waals surface area contributed by atoms with Gasteiger partial charge in [0.1, 0.15) is 16.8 Å². The number of benzene rings is 1. The lowest BCUT2D eigenvalue weighted by molar-refractivity contribution is 0.867. The molecule has 2 aromatic heterocycles. The van der Waals surface area contributed by atoms with Crippen molar-refractivity contribution < 1.29 is 0 Å². The molecule has 0 amide bonds. The van der Waals surface area contributed by atoms with E-state index in [4.69, 9.17) is 11.6 Å². The van der Waals surface area contributed by atoms with E-state index in [-0.39, 0.29) is 6.04 Å². The molecule has 0 fully saturated rings. The SMILES string of the molecule is Cc1nccc(N[C@@H](C)c2cccc(-c3ccc(Cl)nc3)c2)n1. The number of rotatable bonds is 4. The predicted octanol–water partition coefficient (Wildman–Crippen LogP) is 4.67. The molecule has 0 spiro atoms. The van der Waals surface area contributed by atoms with Crippen LogP contribution in [0.5, 0.6) is 0 Å². The first kappa shape index (κ1) is 15.4. The van der Waals surface area contributed by atoms with Crippen molar-refractivity contribution in [2.45, 2.75) is 19.9 Å². The summed E-state index contributed by atoms with van der Waals surface area (Å²) in [5.41, 5.74) is 3.33. The molecule has 0 bridgehead atoms. The van der Waals surface area contributed by atoms with Crippen LogP contribution in [0.1, 0.15) is 24.4 Å². The van der Waals surface area contributed by atoms with Gasteiger partial charge in [-0.25, -0.2) is 15.0 Å². The van der Waals surface area contributed by atoms with Crippen LogP contribution < -0.4 is 5.32 Å². The lowest BCUT2D eigenvalue weighted by Gasteiger charge is -2.16. The summed E-state index contributed by atoms with van der Waals surface area (Å²) in [7, 11) is 0. The number of halogens is 1. The molecule has 3 rings (SSSR count). The Morgan fingerprint density at radius 1 is 1.04 bits per heavy atom. The summed E-state index contributed by atoms with van der Waals surface area (Å²) in [6, 6.07) is 14.1. The van der Waals surface area contributed by atoms with Gasteiger partial charge in [0.25, 0.3) is 0 Å². The van der Waals surface area contributed by atoms with Crippen molar-refractivity contribution in [3.05, 3.63) is 71.4 Å². The Morgan fingerprint density at radius 2 is 1.91 bits per heavy atom. The number of aryl methyl sites for hydroxylation is 1. The van der Waals surface area contributed by atoms with Crippen LogP contribution in [-0.4, -0.2) is 15.0 Å². The van der Waals surface area contributed by atoms with E-state index in [9.17, 15) is 0 Å². The fourth-order valence-electron chi connectivity index (χ4n) is 2.38. The molecule has 0 unspecified atom stereocenters. The zero-order valence-corrected chi connectivity index (χ0v) is 13.7. The molecule has 4 nitrogen and oxygen atoms in total. The van der Waals surface area contributed by atoms with Gasteiger partial charge < -0.3 is 5.32 Å². The molecule has 0 saturated carbocycles. The van der Waals surface area contributed by atoms with Crippen molar-refractivity contribution in [3.8, 4) is 11.1 Å².